The third-order valence-electron chi connectivity index (χ3n) is 8.03. The van der Waals surface area contributed by atoms with Gasteiger partial charge in [0.1, 0.15) is 17.3 Å². The predicted molar refractivity (Wildman–Crippen MR) is 174 cm³/mol. The SMILES string of the molecule is COc1c(OCCCN2CCN(C(=O)Oc3ccccc3CC(=O)O)CC2)ccc2c1N=C(NC(=O)c1cnc(N)nc1)N1CCN=C21. The van der Waals surface area contributed by atoms with E-state index in [1.165, 1.54) is 12.4 Å². The zero-order chi connectivity index (χ0) is 33.6. The molecule has 48 heavy (non-hydrogen) atoms. The number of carbonyl (C=O) groups excluding carboxylic acids is 2. The molecule has 6 rings (SSSR count). The number of nitrogens with two attached hydrogens (primary N) is 1. The number of fused-ring (bicyclic) bond motifs is 3. The largest absolute Gasteiger partial charge is 0.491 e. The molecule has 0 aliphatic carbocycles. The highest BCUT2D eigenvalue weighted by molar-refractivity contribution is 6.20. The summed E-state index contributed by atoms with van der Waals surface area (Å²) in [5, 5.41) is 12.0. The number of hydrogen-bond donors (Lipinski definition) is 3. The van der Waals surface area contributed by atoms with Crippen molar-refractivity contribution >= 4 is 41.4 Å². The maximum absolute atomic E-state index is 12.9. The second-order valence-electron chi connectivity index (χ2n) is 11.1. The first-order valence-electron chi connectivity index (χ1n) is 15.4. The molecule has 3 aromatic rings. The Labute approximate surface area is 275 Å². The van der Waals surface area contributed by atoms with Crippen LogP contribution in [0, 0.1) is 0 Å². The fourth-order valence-electron chi connectivity index (χ4n) is 5.62. The highest BCUT2D eigenvalue weighted by atomic mass is 16.6. The van der Waals surface area contributed by atoms with Crippen LogP contribution in [0.5, 0.6) is 17.2 Å². The van der Waals surface area contributed by atoms with Crippen LogP contribution in [0.1, 0.15) is 27.9 Å². The number of anilines is 1. The molecule has 1 fully saturated rings. The molecule has 0 unspecified atom stereocenters. The van der Waals surface area contributed by atoms with Crippen molar-refractivity contribution < 1.29 is 33.7 Å². The summed E-state index contributed by atoms with van der Waals surface area (Å²) in [5.41, 5.74) is 7.51. The third-order valence-corrected chi connectivity index (χ3v) is 8.03. The number of ether oxygens (including phenoxy) is 3. The highest BCUT2D eigenvalue weighted by Crippen LogP contribution is 2.43. The van der Waals surface area contributed by atoms with Gasteiger partial charge >= 0.3 is 12.1 Å². The van der Waals surface area contributed by atoms with E-state index >= 15 is 0 Å². The van der Waals surface area contributed by atoms with Gasteiger partial charge in [-0.25, -0.2) is 19.8 Å². The number of hydrogen-bond acceptors (Lipinski definition) is 13. The minimum absolute atomic E-state index is 0.0703. The smallest absolute Gasteiger partial charge is 0.415 e. The number of aliphatic imine (C=N–C) groups is 2. The van der Waals surface area contributed by atoms with Crippen molar-refractivity contribution in [2.24, 2.45) is 9.98 Å². The molecule has 1 saturated heterocycles. The van der Waals surface area contributed by atoms with Crippen molar-refractivity contribution in [3.8, 4) is 17.2 Å². The number of rotatable bonds is 10. The number of carbonyl (C=O) groups is 3. The lowest BCUT2D eigenvalue weighted by Gasteiger charge is -2.34. The first-order valence-corrected chi connectivity index (χ1v) is 15.4. The number of benzene rings is 2. The minimum Gasteiger partial charge on any atom is -0.491 e. The molecule has 4 heterocycles. The average Bonchev–Trinajstić information content (AvgIpc) is 3.59. The van der Waals surface area contributed by atoms with E-state index in [1.807, 2.05) is 17.0 Å². The quantitative estimate of drug-likeness (QED) is 0.268. The Morgan fingerprint density at radius 2 is 1.77 bits per heavy atom. The summed E-state index contributed by atoms with van der Waals surface area (Å²) in [4.78, 5) is 59.7. The summed E-state index contributed by atoms with van der Waals surface area (Å²) in [6.45, 7) is 4.58. The summed E-state index contributed by atoms with van der Waals surface area (Å²) in [6, 6.07) is 10.4. The van der Waals surface area contributed by atoms with Crippen LogP contribution in [-0.2, 0) is 11.2 Å². The maximum Gasteiger partial charge on any atom is 0.415 e. The first-order chi connectivity index (χ1) is 23.3. The molecule has 0 saturated carbocycles. The number of guanidine groups is 1. The van der Waals surface area contributed by atoms with E-state index in [1.54, 1.807) is 36.3 Å². The molecule has 16 nitrogen and oxygen atoms in total. The van der Waals surface area contributed by atoms with E-state index < -0.39 is 18.0 Å². The summed E-state index contributed by atoms with van der Waals surface area (Å²) in [7, 11) is 1.54. The van der Waals surface area contributed by atoms with Gasteiger partial charge in [-0.2, -0.15) is 0 Å². The van der Waals surface area contributed by atoms with Crippen LogP contribution < -0.4 is 25.3 Å². The van der Waals surface area contributed by atoms with Gasteiger partial charge in [-0.05, 0) is 24.6 Å². The van der Waals surface area contributed by atoms with Gasteiger partial charge in [0.15, 0.2) is 11.5 Å². The molecule has 3 aliphatic rings. The van der Waals surface area contributed by atoms with Gasteiger partial charge < -0.3 is 30.0 Å². The van der Waals surface area contributed by atoms with Crippen LogP contribution in [0.15, 0.2) is 58.8 Å². The second kappa shape index (κ2) is 14.3. The fourth-order valence-corrected chi connectivity index (χ4v) is 5.62. The van der Waals surface area contributed by atoms with Crippen LogP contribution in [0.25, 0.3) is 0 Å². The Balaban J connectivity index is 1.03. The lowest BCUT2D eigenvalue weighted by atomic mass is 10.1. The number of carboxylic acids is 1. The maximum atomic E-state index is 12.9. The van der Waals surface area contributed by atoms with Gasteiger partial charge in [0.05, 0.1) is 32.2 Å². The van der Waals surface area contributed by atoms with E-state index in [2.05, 4.69) is 25.2 Å². The lowest BCUT2D eigenvalue weighted by molar-refractivity contribution is -0.136. The Morgan fingerprint density at radius 3 is 2.52 bits per heavy atom. The molecule has 3 aliphatic heterocycles. The second-order valence-corrected chi connectivity index (χ2v) is 11.1. The standard InChI is InChI=1S/C32H35N9O7/c1-46-27-24(8-7-22-26(27)37-31(41-11-9-34-28(22)41)38-29(44)21-18-35-30(33)36-19-21)47-16-4-10-39-12-14-40(15-13-39)32(45)48-23-6-3-2-5-20(23)17-25(42)43/h2-3,5-8,18-19H,4,9-17H2,1H3,(H,42,43)(H2,33,35,36)(H,37,38,44). The number of piperazine rings is 1. The van der Waals surface area contributed by atoms with Crippen LogP contribution in [0.3, 0.4) is 0 Å². The van der Waals surface area contributed by atoms with E-state index in [0.29, 0.717) is 80.4 Å². The number of aliphatic carboxylic acids is 1. The molecule has 4 N–H and O–H groups in total. The number of aromatic nitrogens is 2. The van der Waals surface area contributed by atoms with Crippen molar-refractivity contribution in [2.75, 3.05) is 65.3 Å². The minimum atomic E-state index is -0.994. The predicted octanol–water partition coefficient (Wildman–Crippen LogP) is 1.77. The van der Waals surface area contributed by atoms with Gasteiger partial charge in [0.25, 0.3) is 5.91 Å². The Kier molecular flexibility index (Phi) is 9.61. The molecule has 0 atom stereocenters. The summed E-state index contributed by atoms with van der Waals surface area (Å²) < 4.78 is 17.4. The zero-order valence-electron chi connectivity index (χ0n) is 26.3. The Hall–Kier alpha value is -5.77. The monoisotopic (exact) mass is 657 g/mol. The number of amidine groups is 1. The molecule has 0 radical (unpaired) electrons. The molecule has 2 aromatic carbocycles. The first kappa shape index (κ1) is 32.2. The van der Waals surface area contributed by atoms with Crippen molar-refractivity contribution in [2.45, 2.75) is 12.8 Å². The zero-order valence-corrected chi connectivity index (χ0v) is 26.3. The number of nitrogens with zero attached hydrogens (tertiary/aromatic N) is 7. The van der Waals surface area contributed by atoms with Gasteiger partial charge in [0, 0.05) is 62.8 Å². The summed E-state index contributed by atoms with van der Waals surface area (Å²) in [6.07, 6.45) is 2.70. The number of methoxy groups -OCH3 is 1. The third kappa shape index (κ3) is 7.12. The number of amides is 2. The van der Waals surface area contributed by atoms with Crippen LogP contribution in [-0.4, -0.2) is 119 Å². The Morgan fingerprint density at radius 1 is 1.00 bits per heavy atom. The van der Waals surface area contributed by atoms with Crippen molar-refractivity contribution in [3.05, 3.63) is 65.5 Å². The number of nitrogens with one attached hydrogen (secondary N) is 1. The topological polar surface area (TPSA) is 197 Å². The molecule has 2 amide bonds. The van der Waals surface area contributed by atoms with Crippen LogP contribution in [0.2, 0.25) is 0 Å². The molecule has 1 aromatic heterocycles. The molecule has 0 spiro atoms. The van der Waals surface area contributed by atoms with E-state index in [0.717, 1.165) is 18.5 Å². The molecule has 250 valence electrons. The summed E-state index contributed by atoms with van der Waals surface area (Å²) in [5.74, 6) is 0.837. The Bertz CT molecular complexity index is 1750. The number of nitrogen functional groups attached to an aromatic ring is 1. The van der Waals surface area contributed by atoms with E-state index in [9.17, 15) is 14.4 Å². The molecular weight excluding hydrogens is 622 g/mol. The van der Waals surface area contributed by atoms with E-state index in [-0.39, 0.29) is 23.7 Å². The molecule has 0 bridgehead atoms. The molecular formula is C32H35N9O7. The van der Waals surface area contributed by atoms with E-state index in [4.69, 9.17) is 30.0 Å². The van der Waals surface area contributed by atoms with Crippen LogP contribution >= 0.6 is 0 Å². The van der Waals surface area contributed by atoms with Gasteiger partial charge in [-0.15, -0.1) is 0 Å². The molecule has 16 heteroatoms. The highest BCUT2D eigenvalue weighted by Gasteiger charge is 2.33. The normalized spacial score (nSPS) is 15.5. The van der Waals surface area contributed by atoms with Gasteiger partial charge in [-0.3, -0.25) is 29.7 Å². The number of para-hydroxylation sites is 1. The van der Waals surface area contributed by atoms with Gasteiger partial charge in [0.2, 0.25) is 11.9 Å². The van der Waals surface area contributed by atoms with Gasteiger partial charge in [-0.1, -0.05) is 18.2 Å². The summed E-state index contributed by atoms with van der Waals surface area (Å²) >= 11 is 0. The fraction of sp³-hybridized carbons (Fsp3) is 0.344. The number of carboxylic acid groups (broad SMARTS) is 1. The van der Waals surface area contributed by atoms with Crippen molar-refractivity contribution in [1.29, 1.82) is 0 Å². The van der Waals surface area contributed by atoms with Crippen molar-refractivity contribution in [1.82, 2.24) is 30.0 Å². The lowest BCUT2D eigenvalue weighted by Crippen LogP contribution is -2.49. The van der Waals surface area contributed by atoms with Crippen molar-refractivity contribution in [3.63, 3.8) is 0 Å². The average molecular weight is 658 g/mol. The van der Waals surface area contributed by atoms with Crippen LogP contribution in [0.4, 0.5) is 16.4 Å².